The van der Waals surface area contributed by atoms with E-state index in [0.29, 0.717) is 0 Å². The SMILES string of the molecule is CC1(CO)O[C@@](C)(S(C)(C)(C)(C)C)C(C)(O)[C@](C)(O)[C@]1(C)O. The van der Waals surface area contributed by atoms with E-state index in [2.05, 4.69) is 0 Å². The van der Waals surface area contributed by atoms with Crippen molar-refractivity contribution in [1.29, 1.82) is 0 Å². The molecule has 136 valence electrons. The average Bonchev–Trinajstić information content (AvgIpc) is 2.22. The molecule has 2 unspecified atom stereocenters. The molecule has 0 amide bonds. The minimum Gasteiger partial charge on any atom is -0.393 e. The maximum Gasteiger partial charge on any atom is 0.128 e. The van der Waals surface area contributed by atoms with Crippen molar-refractivity contribution in [2.75, 3.05) is 37.9 Å². The molecule has 1 rings (SSSR count). The summed E-state index contributed by atoms with van der Waals surface area (Å²) in [6.45, 7) is 7.16. The van der Waals surface area contributed by atoms with Crippen molar-refractivity contribution in [2.24, 2.45) is 0 Å². The van der Waals surface area contributed by atoms with E-state index in [-0.39, 0.29) is 0 Å². The molecule has 0 aromatic heterocycles. The summed E-state index contributed by atoms with van der Waals surface area (Å²) >= 11 is 0. The molecule has 1 heterocycles. The van der Waals surface area contributed by atoms with Crippen molar-refractivity contribution in [1.82, 2.24) is 0 Å². The molecule has 5 nitrogen and oxygen atoms in total. The van der Waals surface area contributed by atoms with E-state index in [9.17, 15) is 20.4 Å². The highest BCUT2D eigenvalue weighted by Gasteiger charge is 2.79. The topological polar surface area (TPSA) is 90.2 Å². The predicted octanol–water partition coefficient (Wildman–Crippen LogP) is 0.762. The van der Waals surface area contributed by atoms with Gasteiger partial charge in [-0.05, 0) is 65.9 Å². The third kappa shape index (κ3) is 2.04. The number of aliphatic hydroxyl groups is 4. The zero-order valence-corrected chi connectivity index (χ0v) is 16.6. The lowest BCUT2D eigenvalue weighted by atomic mass is 9.62. The number of aliphatic hydroxyl groups excluding tert-OH is 1. The average molecular weight is 341 g/mol. The summed E-state index contributed by atoms with van der Waals surface area (Å²) < 4.78 is 6.29. The lowest BCUT2D eigenvalue weighted by molar-refractivity contribution is -0.382. The molecular weight excluding hydrogens is 304 g/mol. The number of rotatable bonds is 2. The first-order chi connectivity index (χ1) is 9.01. The fraction of sp³-hybridized carbons (Fsp3) is 1.00. The highest BCUT2D eigenvalue weighted by atomic mass is 32.4. The van der Waals surface area contributed by atoms with Crippen LogP contribution in [0.15, 0.2) is 0 Å². The largest absolute Gasteiger partial charge is 0.393 e. The van der Waals surface area contributed by atoms with Crippen LogP contribution in [0.25, 0.3) is 0 Å². The van der Waals surface area contributed by atoms with Crippen molar-refractivity contribution in [3.05, 3.63) is 0 Å². The van der Waals surface area contributed by atoms with Crippen LogP contribution in [0.2, 0.25) is 0 Å². The van der Waals surface area contributed by atoms with Gasteiger partial charge in [-0.15, -0.1) is 0 Å². The molecule has 0 saturated carbocycles. The molecule has 0 radical (unpaired) electrons. The highest BCUT2D eigenvalue weighted by molar-refractivity contribution is 8.63. The first-order valence-corrected chi connectivity index (χ1v) is 12.0. The lowest BCUT2D eigenvalue weighted by Crippen LogP contribution is -2.87. The molecule has 0 aliphatic carbocycles. The van der Waals surface area contributed by atoms with Crippen molar-refractivity contribution >= 4 is 8.29 Å². The summed E-state index contributed by atoms with van der Waals surface area (Å²) in [5.41, 5.74) is -6.91. The van der Waals surface area contributed by atoms with Gasteiger partial charge < -0.3 is 25.2 Å². The van der Waals surface area contributed by atoms with E-state index in [1.54, 1.807) is 13.8 Å². The fourth-order valence-corrected chi connectivity index (χ4v) is 6.23. The van der Waals surface area contributed by atoms with Crippen LogP contribution in [-0.4, -0.2) is 85.6 Å². The molecular formula is C16H36O5S. The lowest BCUT2D eigenvalue weighted by Gasteiger charge is -2.83. The zero-order chi connectivity index (χ0) is 18.3. The Morgan fingerprint density at radius 1 is 0.727 bits per heavy atom. The van der Waals surface area contributed by atoms with Gasteiger partial charge in [-0.25, -0.2) is 0 Å². The minimum absolute atomic E-state index is 0.477. The molecule has 1 aliphatic rings. The van der Waals surface area contributed by atoms with Crippen LogP contribution in [-0.2, 0) is 4.74 Å². The quantitative estimate of drug-likeness (QED) is 0.596. The normalized spacial score (nSPS) is 53.7. The van der Waals surface area contributed by atoms with Crippen molar-refractivity contribution < 1.29 is 25.2 Å². The van der Waals surface area contributed by atoms with Gasteiger partial charge in [0.15, 0.2) is 0 Å². The van der Waals surface area contributed by atoms with Crippen molar-refractivity contribution in [3.63, 3.8) is 0 Å². The maximum atomic E-state index is 11.4. The highest BCUT2D eigenvalue weighted by Crippen LogP contribution is 2.88. The van der Waals surface area contributed by atoms with E-state index in [4.69, 9.17) is 4.74 Å². The predicted molar refractivity (Wildman–Crippen MR) is 94.1 cm³/mol. The summed E-state index contributed by atoms with van der Waals surface area (Å²) in [6.07, 6.45) is 10.2. The summed E-state index contributed by atoms with van der Waals surface area (Å²) in [6, 6.07) is 0. The molecule has 0 aromatic rings. The molecule has 1 fully saturated rings. The number of ether oxygens (including phenoxy) is 1. The summed E-state index contributed by atoms with van der Waals surface area (Å²) in [4.78, 5) is -1.18. The molecule has 1 aliphatic heterocycles. The third-order valence-corrected chi connectivity index (χ3v) is 10.9. The van der Waals surface area contributed by atoms with Gasteiger partial charge in [0, 0.05) is 0 Å². The van der Waals surface area contributed by atoms with Crippen LogP contribution in [0.4, 0.5) is 0 Å². The second-order valence-corrected chi connectivity index (χ2v) is 21.7. The van der Waals surface area contributed by atoms with E-state index >= 15 is 0 Å². The molecule has 5 atom stereocenters. The van der Waals surface area contributed by atoms with Gasteiger partial charge in [0.1, 0.15) is 27.3 Å². The van der Waals surface area contributed by atoms with Gasteiger partial charge in [-0.1, -0.05) is 0 Å². The molecule has 22 heavy (non-hydrogen) atoms. The van der Waals surface area contributed by atoms with E-state index < -0.39 is 42.2 Å². The Bertz CT molecular complexity index is 488. The second kappa shape index (κ2) is 3.86. The zero-order valence-electron chi connectivity index (χ0n) is 15.8. The van der Waals surface area contributed by atoms with E-state index in [0.717, 1.165) is 0 Å². The smallest absolute Gasteiger partial charge is 0.128 e. The molecule has 0 aromatic carbocycles. The monoisotopic (exact) mass is 340 g/mol. The Morgan fingerprint density at radius 3 is 1.36 bits per heavy atom. The Labute approximate surface area is 133 Å². The van der Waals surface area contributed by atoms with Crippen LogP contribution in [0.1, 0.15) is 34.6 Å². The van der Waals surface area contributed by atoms with Crippen LogP contribution < -0.4 is 0 Å². The van der Waals surface area contributed by atoms with E-state index in [1.807, 2.05) is 31.3 Å². The first kappa shape index (κ1) is 20.2. The Morgan fingerprint density at radius 2 is 1.09 bits per heavy atom. The van der Waals surface area contributed by atoms with Crippen molar-refractivity contribution in [3.8, 4) is 0 Å². The van der Waals surface area contributed by atoms with Gasteiger partial charge >= 0.3 is 0 Å². The van der Waals surface area contributed by atoms with Crippen LogP contribution in [0.5, 0.6) is 0 Å². The van der Waals surface area contributed by atoms with Gasteiger partial charge in [0.05, 0.1) is 6.61 Å². The number of hydrogen-bond donors (Lipinski definition) is 4. The summed E-state index contributed by atoms with van der Waals surface area (Å²) in [7, 11) is -3.06. The maximum absolute atomic E-state index is 11.4. The second-order valence-electron chi connectivity index (χ2n) is 10.8. The molecule has 0 spiro atoms. The Kier molecular flexibility index (Phi) is 3.55. The van der Waals surface area contributed by atoms with E-state index in [1.165, 1.54) is 20.8 Å². The minimum atomic E-state index is -3.06. The first-order valence-electron chi connectivity index (χ1n) is 7.49. The van der Waals surface area contributed by atoms with Gasteiger partial charge in [0.2, 0.25) is 0 Å². The standard InChI is InChI=1S/C16H36O5S/c1-12(11-17)13(2,18)14(3,19)15(4,20)16(5,21-12)22(6,7,8,9)10/h17-20H,11H2,1-10H3/t12?,13-,14-,15?,16+/m1/s1. The molecule has 4 N–H and O–H groups in total. The summed E-state index contributed by atoms with van der Waals surface area (Å²) in [5.74, 6) is 0. The summed E-state index contributed by atoms with van der Waals surface area (Å²) in [5, 5.41) is 43.3. The van der Waals surface area contributed by atoms with Crippen LogP contribution >= 0.6 is 8.29 Å². The Balaban J connectivity index is 3.88. The molecule has 1 saturated heterocycles. The molecule has 6 heteroatoms. The van der Waals surface area contributed by atoms with Crippen LogP contribution in [0, 0.1) is 0 Å². The van der Waals surface area contributed by atoms with Gasteiger partial charge in [-0.2, -0.15) is 0 Å². The van der Waals surface area contributed by atoms with Gasteiger partial charge in [-0.3, -0.25) is 8.29 Å². The van der Waals surface area contributed by atoms with Crippen molar-refractivity contribution in [2.45, 2.75) is 62.0 Å². The Hall–Kier alpha value is 0.150. The van der Waals surface area contributed by atoms with Gasteiger partial charge in [0.25, 0.3) is 0 Å². The number of hydrogen-bond acceptors (Lipinski definition) is 5. The third-order valence-electron chi connectivity index (χ3n) is 6.48. The van der Waals surface area contributed by atoms with Crippen LogP contribution in [0.3, 0.4) is 0 Å². The molecule has 0 bridgehead atoms. The fourth-order valence-electron chi connectivity index (χ4n) is 3.45.